The van der Waals surface area contributed by atoms with E-state index in [1.165, 1.54) is 18.9 Å². The number of ether oxygens (including phenoxy) is 1. The summed E-state index contributed by atoms with van der Waals surface area (Å²) in [5.41, 5.74) is 0.203. The molecule has 7 nitrogen and oxygen atoms in total. The number of carbonyl (C=O) groups excluding carboxylic acids is 1. The van der Waals surface area contributed by atoms with Crippen LogP contribution in [0.5, 0.6) is 5.88 Å². The first kappa shape index (κ1) is 20.0. The number of fused-ring (bicyclic) bond motifs is 1. The third-order valence-electron chi connectivity index (χ3n) is 6.05. The molecule has 2 saturated heterocycles. The standard InChI is InChI=1S/C21H22F3N5O2/c22-21(23,24)14-3-4-19(27-8-14)31-16-7-15-11-28(6-5-20(30)29(15)12-16)18-10-25-17(9-26-18)13-1-2-13/h3-4,8-10,13,15-16H,1-2,5-7,11-12H2/t15-,16-/m0/s1. The van der Waals surface area contributed by atoms with Gasteiger partial charge in [-0.25, -0.2) is 9.97 Å². The predicted molar refractivity (Wildman–Crippen MR) is 105 cm³/mol. The highest BCUT2D eigenvalue weighted by Gasteiger charge is 2.40. The summed E-state index contributed by atoms with van der Waals surface area (Å²) in [4.78, 5) is 29.4. The van der Waals surface area contributed by atoms with E-state index in [-0.39, 0.29) is 23.9 Å². The Kier molecular flexibility index (Phi) is 4.94. The van der Waals surface area contributed by atoms with Crippen molar-refractivity contribution in [2.24, 2.45) is 0 Å². The molecule has 2 aromatic rings. The van der Waals surface area contributed by atoms with Crippen LogP contribution in [0.3, 0.4) is 0 Å². The van der Waals surface area contributed by atoms with Gasteiger partial charge in [-0.1, -0.05) is 0 Å². The van der Waals surface area contributed by atoms with Crippen molar-refractivity contribution in [1.29, 1.82) is 0 Å². The van der Waals surface area contributed by atoms with Gasteiger partial charge in [-0.2, -0.15) is 13.2 Å². The fourth-order valence-corrected chi connectivity index (χ4v) is 4.24. The van der Waals surface area contributed by atoms with Crippen molar-refractivity contribution < 1.29 is 22.7 Å². The van der Waals surface area contributed by atoms with E-state index in [0.29, 0.717) is 38.4 Å². The molecule has 164 valence electrons. The van der Waals surface area contributed by atoms with Crippen molar-refractivity contribution >= 4 is 11.7 Å². The van der Waals surface area contributed by atoms with E-state index in [4.69, 9.17) is 4.74 Å². The Labute approximate surface area is 177 Å². The van der Waals surface area contributed by atoms with Crippen molar-refractivity contribution in [3.05, 3.63) is 42.0 Å². The molecule has 0 aromatic carbocycles. The molecule has 31 heavy (non-hydrogen) atoms. The third-order valence-corrected chi connectivity index (χ3v) is 6.05. The number of aromatic nitrogens is 3. The molecule has 5 rings (SSSR count). The van der Waals surface area contributed by atoms with Crippen LogP contribution in [0.25, 0.3) is 0 Å². The molecular formula is C21H22F3N5O2. The fraction of sp³-hybridized carbons (Fsp3) is 0.524. The lowest BCUT2D eigenvalue weighted by atomic mass is 10.2. The smallest absolute Gasteiger partial charge is 0.417 e. The lowest BCUT2D eigenvalue weighted by Crippen LogP contribution is -2.38. The Morgan fingerprint density at radius 3 is 2.52 bits per heavy atom. The monoisotopic (exact) mass is 433 g/mol. The van der Waals surface area contributed by atoms with Crippen LogP contribution < -0.4 is 9.64 Å². The van der Waals surface area contributed by atoms with E-state index in [2.05, 4.69) is 19.9 Å². The van der Waals surface area contributed by atoms with Gasteiger partial charge < -0.3 is 14.5 Å². The normalized spacial score (nSPS) is 24.2. The topological polar surface area (TPSA) is 71.5 Å². The fourth-order valence-electron chi connectivity index (χ4n) is 4.24. The molecule has 4 heterocycles. The van der Waals surface area contributed by atoms with Crippen LogP contribution in [0.1, 0.15) is 42.9 Å². The number of anilines is 1. The lowest BCUT2D eigenvalue weighted by molar-refractivity contribution is -0.138. The molecule has 2 aliphatic heterocycles. The van der Waals surface area contributed by atoms with Gasteiger partial charge in [-0.05, 0) is 18.9 Å². The van der Waals surface area contributed by atoms with Crippen LogP contribution in [0.2, 0.25) is 0 Å². The van der Waals surface area contributed by atoms with Crippen LogP contribution in [0.15, 0.2) is 30.7 Å². The molecule has 2 aromatic heterocycles. The summed E-state index contributed by atoms with van der Waals surface area (Å²) in [5, 5.41) is 0. The minimum Gasteiger partial charge on any atom is -0.472 e. The summed E-state index contributed by atoms with van der Waals surface area (Å²) >= 11 is 0. The van der Waals surface area contributed by atoms with Crippen molar-refractivity contribution in [1.82, 2.24) is 19.9 Å². The van der Waals surface area contributed by atoms with Gasteiger partial charge in [-0.3, -0.25) is 9.78 Å². The van der Waals surface area contributed by atoms with Gasteiger partial charge in [0, 0.05) is 44.1 Å². The molecule has 0 N–H and O–H groups in total. The summed E-state index contributed by atoms with van der Waals surface area (Å²) in [6, 6.07) is 2.11. The maximum atomic E-state index is 12.7. The molecule has 3 aliphatic rings. The summed E-state index contributed by atoms with van der Waals surface area (Å²) < 4.78 is 43.9. The highest BCUT2D eigenvalue weighted by molar-refractivity contribution is 5.78. The number of pyridine rings is 1. The second-order valence-electron chi connectivity index (χ2n) is 8.33. The number of carbonyl (C=O) groups is 1. The van der Waals surface area contributed by atoms with Crippen molar-refractivity contribution in [2.45, 2.75) is 49.9 Å². The van der Waals surface area contributed by atoms with Gasteiger partial charge in [0.05, 0.1) is 36.2 Å². The molecule has 10 heteroatoms. The van der Waals surface area contributed by atoms with Gasteiger partial charge >= 0.3 is 6.18 Å². The van der Waals surface area contributed by atoms with Gasteiger partial charge in [0.15, 0.2) is 0 Å². The molecule has 1 aliphatic carbocycles. The molecule has 1 amide bonds. The first-order valence-corrected chi connectivity index (χ1v) is 10.4. The number of halogens is 3. The lowest BCUT2D eigenvalue weighted by Gasteiger charge is -2.25. The van der Waals surface area contributed by atoms with Crippen LogP contribution in [0.4, 0.5) is 19.0 Å². The van der Waals surface area contributed by atoms with E-state index >= 15 is 0 Å². The molecule has 3 fully saturated rings. The zero-order valence-corrected chi connectivity index (χ0v) is 16.8. The van der Waals surface area contributed by atoms with Crippen LogP contribution in [-0.2, 0) is 11.0 Å². The second-order valence-corrected chi connectivity index (χ2v) is 8.33. The van der Waals surface area contributed by atoms with Gasteiger partial charge in [0.25, 0.3) is 0 Å². The number of hydrogen-bond donors (Lipinski definition) is 0. The average molecular weight is 433 g/mol. The van der Waals surface area contributed by atoms with Crippen molar-refractivity contribution in [3.8, 4) is 5.88 Å². The van der Waals surface area contributed by atoms with Crippen LogP contribution >= 0.6 is 0 Å². The molecule has 2 atom stereocenters. The molecule has 0 bridgehead atoms. The number of rotatable bonds is 4. The summed E-state index contributed by atoms with van der Waals surface area (Å²) in [5.74, 6) is 1.46. The SMILES string of the molecule is O=C1CCN(c2cnc(C3CC3)cn2)C[C@@H]2C[C@H](Oc3ccc(C(F)(F)F)cn3)CN12. The number of nitrogens with zero attached hydrogens (tertiary/aromatic N) is 5. The number of hydrogen-bond acceptors (Lipinski definition) is 6. The quantitative estimate of drug-likeness (QED) is 0.738. The Balaban J connectivity index is 1.25. The second kappa shape index (κ2) is 7.65. The zero-order chi connectivity index (χ0) is 21.6. The van der Waals surface area contributed by atoms with E-state index in [1.807, 2.05) is 6.20 Å². The highest BCUT2D eigenvalue weighted by Crippen LogP contribution is 2.38. The van der Waals surface area contributed by atoms with Crippen molar-refractivity contribution in [3.63, 3.8) is 0 Å². The Hall–Kier alpha value is -2.91. The van der Waals surface area contributed by atoms with Gasteiger partial charge in [0.2, 0.25) is 11.8 Å². The van der Waals surface area contributed by atoms with Gasteiger partial charge in [-0.15, -0.1) is 0 Å². The maximum absolute atomic E-state index is 12.7. The molecule has 0 spiro atoms. The predicted octanol–water partition coefficient (Wildman–Crippen LogP) is 3.03. The Bertz CT molecular complexity index is 947. The number of amides is 1. The first-order valence-electron chi connectivity index (χ1n) is 10.4. The van der Waals surface area contributed by atoms with Crippen molar-refractivity contribution in [2.75, 3.05) is 24.5 Å². The minimum absolute atomic E-state index is 0.0431. The molecular weight excluding hydrogens is 411 g/mol. The Morgan fingerprint density at radius 1 is 1.03 bits per heavy atom. The summed E-state index contributed by atoms with van der Waals surface area (Å²) in [7, 11) is 0. The largest absolute Gasteiger partial charge is 0.472 e. The Morgan fingerprint density at radius 2 is 1.87 bits per heavy atom. The minimum atomic E-state index is -4.44. The third kappa shape index (κ3) is 4.28. The molecule has 0 radical (unpaired) electrons. The van der Waals surface area contributed by atoms with E-state index in [0.717, 1.165) is 23.8 Å². The molecule has 1 saturated carbocycles. The summed E-state index contributed by atoms with van der Waals surface area (Å²) in [6.45, 7) is 1.59. The maximum Gasteiger partial charge on any atom is 0.417 e. The van der Waals surface area contributed by atoms with E-state index in [9.17, 15) is 18.0 Å². The van der Waals surface area contributed by atoms with Crippen LogP contribution in [0, 0.1) is 0 Å². The summed E-state index contributed by atoms with van der Waals surface area (Å²) in [6.07, 6.45) is 2.90. The highest BCUT2D eigenvalue weighted by atomic mass is 19.4. The number of alkyl halides is 3. The van der Waals surface area contributed by atoms with E-state index in [1.54, 1.807) is 11.1 Å². The zero-order valence-electron chi connectivity index (χ0n) is 16.8. The van der Waals surface area contributed by atoms with E-state index < -0.39 is 11.7 Å². The molecule has 0 unspecified atom stereocenters. The van der Waals surface area contributed by atoms with Gasteiger partial charge in [0.1, 0.15) is 11.9 Å². The van der Waals surface area contributed by atoms with Crippen LogP contribution in [-0.4, -0.2) is 57.5 Å². The first-order chi connectivity index (χ1) is 14.9. The average Bonchev–Trinajstić information content (AvgIpc) is 3.54.